The smallest absolute Gasteiger partial charge is 0.282 e. The van der Waals surface area contributed by atoms with Crippen LogP contribution in [0, 0.1) is 4.77 Å². The van der Waals surface area contributed by atoms with Crippen LogP contribution in [-0.2, 0) is 6.54 Å². The molecule has 0 fully saturated rings. The Labute approximate surface area is 125 Å². The number of hydrogen-bond acceptors (Lipinski definition) is 5. The molecule has 0 aliphatic rings. The van der Waals surface area contributed by atoms with Crippen LogP contribution in [0.15, 0.2) is 41.5 Å². The number of methoxy groups -OCH3 is 1. The van der Waals surface area contributed by atoms with Gasteiger partial charge in [0.25, 0.3) is 5.56 Å². The van der Waals surface area contributed by atoms with Crippen molar-refractivity contribution in [1.82, 2.24) is 19.5 Å². The number of benzene rings is 1. The van der Waals surface area contributed by atoms with Crippen LogP contribution in [0.4, 0.5) is 0 Å². The number of H-pyrrole nitrogens is 1. The summed E-state index contributed by atoms with van der Waals surface area (Å²) in [6, 6.07) is 7.46. The average molecular weight is 300 g/mol. The maximum absolute atomic E-state index is 12.4. The summed E-state index contributed by atoms with van der Waals surface area (Å²) in [6.07, 6.45) is 3.00. The fraction of sp³-hybridized carbons (Fsp3) is 0.143. The molecule has 0 radical (unpaired) electrons. The maximum Gasteiger partial charge on any atom is 0.282 e. The van der Waals surface area contributed by atoms with Gasteiger partial charge in [0.15, 0.2) is 15.9 Å². The van der Waals surface area contributed by atoms with E-state index in [0.29, 0.717) is 17.0 Å². The van der Waals surface area contributed by atoms with E-state index >= 15 is 0 Å². The van der Waals surface area contributed by atoms with Crippen molar-refractivity contribution in [2.75, 3.05) is 7.11 Å². The molecule has 0 saturated heterocycles. The Hall–Kier alpha value is -2.54. The number of aromatic nitrogens is 4. The minimum atomic E-state index is -0.252. The van der Waals surface area contributed by atoms with Crippen molar-refractivity contribution in [1.29, 1.82) is 0 Å². The summed E-state index contributed by atoms with van der Waals surface area (Å²) < 4.78 is 6.90. The lowest BCUT2D eigenvalue weighted by Gasteiger charge is -2.08. The molecule has 0 aliphatic carbocycles. The highest BCUT2D eigenvalue weighted by molar-refractivity contribution is 7.71. The Morgan fingerprint density at radius 1 is 1.24 bits per heavy atom. The molecule has 0 spiro atoms. The third-order valence-electron chi connectivity index (χ3n) is 3.12. The average Bonchev–Trinajstić information content (AvgIpc) is 2.52. The Kier molecular flexibility index (Phi) is 3.49. The van der Waals surface area contributed by atoms with Gasteiger partial charge in [-0.2, -0.15) is 0 Å². The number of hydrogen-bond donors (Lipinski definition) is 1. The zero-order valence-corrected chi connectivity index (χ0v) is 12.1. The lowest BCUT2D eigenvalue weighted by molar-refractivity contribution is 0.414. The van der Waals surface area contributed by atoms with Crippen molar-refractivity contribution >= 4 is 23.4 Å². The third-order valence-corrected chi connectivity index (χ3v) is 3.44. The first-order valence-corrected chi connectivity index (χ1v) is 6.66. The van der Waals surface area contributed by atoms with Crippen molar-refractivity contribution < 1.29 is 4.74 Å². The van der Waals surface area contributed by atoms with Gasteiger partial charge >= 0.3 is 0 Å². The number of nitrogens with zero attached hydrogens (tertiary/aromatic N) is 3. The summed E-state index contributed by atoms with van der Waals surface area (Å²) in [4.78, 5) is 23.5. The van der Waals surface area contributed by atoms with Gasteiger partial charge in [0, 0.05) is 12.4 Å². The molecule has 0 bridgehead atoms. The molecule has 3 aromatic rings. The second-order valence-corrected chi connectivity index (χ2v) is 4.81. The first kappa shape index (κ1) is 13.4. The van der Waals surface area contributed by atoms with E-state index in [2.05, 4.69) is 15.0 Å². The topological polar surface area (TPSA) is 72.8 Å². The summed E-state index contributed by atoms with van der Waals surface area (Å²) in [7, 11) is 1.61. The van der Waals surface area contributed by atoms with Crippen LogP contribution in [0.5, 0.6) is 5.75 Å². The Morgan fingerprint density at radius 2 is 1.95 bits per heavy atom. The molecule has 21 heavy (non-hydrogen) atoms. The van der Waals surface area contributed by atoms with Gasteiger partial charge in [0.1, 0.15) is 5.75 Å². The van der Waals surface area contributed by atoms with Gasteiger partial charge in [-0.05, 0) is 29.9 Å². The van der Waals surface area contributed by atoms with Crippen LogP contribution in [0.25, 0.3) is 11.2 Å². The predicted molar refractivity (Wildman–Crippen MR) is 81.1 cm³/mol. The van der Waals surface area contributed by atoms with Gasteiger partial charge in [-0.1, -0.05) is 12.1 Å². The minimum absolute atomic E-state index is 0.252. The molecule has 7 heteroatoms. The monoisotopic (exact) mass is 300 g/mol. The molecule has 0 unspecified atom stereocenters. The van der Waals surface area contributed by atoms with Crippen molar-refractivity contribution in [3.05, 3.63) is 57.3 Å². The number of nitrogens with one attached hydrogen (secondary N) is 1. The van der Waals surface area contributed by atoms with Gasteiger partial charge in [-0.25, -0.2) is 9.97 Å². The van der Waals surface area contributed by atoms with Gasteiger partial charge in [-0.3, -0.25) is 9.36 Å². The molecule has 6 nitrogen and oxygen atoms in total. The number of fused-ring (bicyclic) bond motifs is 1. The van der Waals surface area contributed by atoms with Crippen LogP contribution >= 0.6 is 12.2 Å². The molecule has 3 rings (SSSR count). The van der Waals surface area contributed by atoms with E-state index in [0.717, 1.165) is 11.3 Å². The largest absolute Gasteiger partial charge is 0.497 e. The quantitative estimate of drug-likeness (QED) is 0.748. The van der Waals surface area contributed by atoms with Crippen molar-refractivity contribution in [2.45, 2.75) is 6.54 Å². The summed E-state index contributed by atoms with van der Waals surface area (Å²) in [5.41, 5.74) is 1.37. The number of rotatable bonds is 3. The summed E-state index contributed by atoms with van der Waals surface area (Å²) in [5, 5.41) is 0. The lowest BCUT2D eigenvalue weighted by atomic mass is 10.2. The normalized spacial score (nSPS) is 10.7. The molecule has 106 valence electrons. The summed E-state index contributed by atoms with van der Waals surface area (Å²) in [6.45, 7) is 0.366. The molecule has 2 aromatic heterocycles. The van der Waals surface area contributed by atoms with E-state index in [-0.39, 0.29) is 11.1 Å². The van der Waals surface area contributed by atoms with Gasteiger partial charge in [0.05, 0.1) is 13.7 Å². The van der Waals surface area contributed by atoms with Gasteiger partial charge < -0.3 is 9.72 Å². The van der Waals surface area contributed by atoms with Crippen LogP contribution in [0.2, 0.25) is 0 Å². The highest BCUT2D eigenvalue weighted by Gasteiger charge is 2.07. The number of aromatic amines is 1. The second kappa shape index (κ2) is 5.45. The van der Waals surface area contributed by atoms with E-state index in [1.807, 2.05) is 24.3 Å². The standard InChI is InChI=1S/C14H12N4O2S/c1-20-10-4-2-9(3-5-10)8-18-13(19)11-12(17-14(18)21)16-7-6-15-11/h2-7H,8H2,1H3,(H,16,17,21). The van der Waals surface area contributed by atoms with Crippen LogP contribution in [0.3, 0.4) is 0 Å². The first-order chi connectivity index (χ1) is 10.2. The second-order valence-electron chi connectivity index (χ2n) is 4.42. The van der Waals surface area contributed by atoms with E-state index < -0.39 is 0 Å². The SMILES string of the molecule is COc1ccc(Cn2c(=S)[nH]c3nccnc3c2=O)cc1. The Bertz CT molecular complexity index is 899. The van der Waals surface area contributed by atoms with Crippen LogP contribution < -0.4 is 10.3 Å². The van der Waals surface area contributed by atoms with Crippen LogP contribution in [-0.4, -0.2) is 26.6 Å². The zero-order valence-electron chi connectivity index (χ0n) is 11.2. The molecule has 2 heterocycles. The molecule has 1 N–H and O–H groups in total. The zero-order chi connectivity index (χ0) is 14.8. The fourth-order valence-corrected chi connectivity index (χ4v) is 2.28. The molecule has 0 aliphatic heterocycles. The number of ether oxygens (including phenoxy) is 1. The van der Waals surface area contributed by atoms with Crippen LogP contribution in [0.1, 0.15) is 5.56 Å². The first-order valence-electron chi connectivity index (χ1n) is 6.26. The Morgan fingerprint density at radius 3 is 2.67 bits per heavy atom. The van der Waals surface area contributed by atoms with Gasteiger partial charge in [0.2, 0.25) is 0 Å². The van der Waals surface area contributed by atoms with E-state index in [1.54, 1.807) is 7.11 Å². The van der Waals surface area contributed by atoms with E-state index in [9.17, 15) is 4.79 Å². The molecule has 0 saturated carbocycles. The van der Waals surface area contributed by atoms with Crippen molar-refractivity contribution in [3.8, 4) is 5.75 Å². The summed E-state index contributed by atoms with van der Waals surface area (Å²) >= 11 is 5.23. The van der Waals surface area contributed by atoms with Crippen molar-refractivity contribution in [3.63, 3.8) is 0 Å². The van der Waals surface area contributed by atoms with E-state index in [1.165, 1.54) is 17.0 Å². The molecule has 1 aromatic carbocycles. The highest BCUT2D eigenvalue weighted by atomic mass is 32.1. The molecule has 0 atom stereocenters. The molecule has 0 amide bonds. The third kappa shape index (κ3) is 2.55. The highest BCUT2D eigenvalue weighted by Crippen LogP contribution is 2.12. The predicted octanol–water partition coefficient (Wildman–Crippen LogP) is 1.91. The minimum Gasteiger partial charge on any atom is -0.497 e. The fourth-order valence-electron chi connectivity index (χ4n) is 2.03. The molecular formula is C14H12N4O2S. The molecular weight excluding hydrogens is 288 g/mol. The lowest BCUT2D eigenvalue weighted by Crippen LogP contribution is -2.23. The van der Waals surface area contributed by atoms with E-state index in [4.69, 9.17) is 17.0 Å². The van der Waals surface area contributed by atoms with Crippen molar-refractivity contribution in [2.24, 2.45) is 0 Å². The van der Waals surface area contributed by atoms with Gasteiger partial charge in [-0.15, -0.1) is 0 Å². The summed E-state index contributed by atoms with van der Waals surface area (Å²) in [5.74, 6) is 0.764. The Balaban J connectivity index is 2.07. The maximum atomic E-state index is 12.4.